The number of nitro groups is 1. The predicted octanol–water partition coefficient (Wildman–Crippen LogP) is 3.51. The second-order valence-corrected chi connectivity index (χ2v) is 7.81. The molecule has 3 rings (SSSR count). The number of hydrazone groups is 1. The number of nitrogens with zero attached hydrogens (tertiary/aromatic N) is 3. The first kappa shape index (κ1) is 16.6. The summed E-state index contributed by atoms with van der Waals surface area (Å²) in [4.78, 5) is 26.9. The van der Waals surface area contributed by atoms with E-state index in [9.17, 15) is 14.9 Å². The summed E-state index contributed by atoms with van der Waals surface area (Å²) in [7, 11) is 0. The zero-order valence-corrected chi connectivity index (χ0v) is 14.5. The molecule has 122 valence electrons. The molecule has 0 atom stereocenters. The molecule has 10 heteroatoms. The third-order valence-electron chi connectivity index (χ3n) is 2.77. The van der Waals surface area contributed by atoms with Crippen LogP contribution in [0.1, 0.15) is 4.88 Å². The highest BCUT2D eigenvalue weighted by Crippen LogP contribution is 2.29. The molecule has 0 saturated carbocycles. The van der Waals surface area contributed by atoms with Crippen molar-refractivity contribution >= 4 is 61.8 Å². The second-order valence-electron chi connectivity index (χ2n) is 4.46. The third-order valence-corrected chi connectivity index (χ3v) is 5.93. The van der Waals surface area contributed by atoms with Crippen molar-refractivity contribution in [2.45, 2.75) is 4.34 Å². The van der Waals surface area contributed by atoms with Crippen molar-refractivity contribution in [2.24, 2.45) is 5.10 Å². The molecular formula is C14H10N4O3S3. The number of thiophene rings is 1. The highest BCUT2D eigenvalue weighted by Gasteiger charge is 2.09. The molecule has 3 aromatic rings. The van der Waals surface area contributed by atoms with E-state index in [1.807, 2.05) is 24.3 Å². The number of aromatic nitrogens is 1. The Kier molecular flexibility index (Phi) is 5.18. The molecule has 2 aromatic heterocycles. The van der Waals surface area contributed by atoms with Crippen LogP contribution in [0.3, 0.4) is 0 Å². The Hall–Kier alpha value is -2.30. The molecule has 0 radical (unpaired) electrons. The van der Waals surface area contributed by atoms with E-state index < -0.39 is 4.92 Å². The van der Waals surface area contributed by atoms with E-state index in [0.29, 0.717) is 4.88 Å². The summed E-state index contributed by atoms with van der Waals surface area (Å²) in [6.45, 7) is 0. The fourth-order valence-corrected chi connectivity index (χ4v) is 4.30. The SMILES string of the molecule is O=C(CSc1nc2ccccc2s1)NN=Cc1ccc([N+](=O)[O-])s1. The number of fused-ring (bicyclic) bond motifs is 1. The van der Waals surface area contributed by atoms with Crippen molar-refractivity contribution in [3.63, 3.8) is 0 Å². The minimum absolute atomic E-state index is 0.0363. The van der Waals surface area contributed by atoms with Gasteiger partial charge in [0.2, 0.25) is 0 Å². The quantitative estimate of drug-likeness (QED) is 0.306. The van der Waals surface area contributed by atoms with Crippen molar-refractivity contribution in [1.82, 2.24) is 10.4 Å². The van der Waals surface area contributed by atoms with Gasteiger partial charge in [-0.3, -0.25) is 14.9 Å². The number of carbonyl (C=O) groups excluding carboxylic acids is 1. The summed E-state index contributed by atoms with van der Waals surface area (Å²) >= 11 is 3.87. The lowest BCUT2D eigenvalue weighted by atomic mass is 10.3. The highest BCUT2D eigenvalue weighted by atomic mass is 32.2. The van der Waals surface area contributed by atoms with Crippen LogP contribution in [0.4, 0.5) is 5.00 Å². The molecule has 7 nitrogen and oxygen atoms in total. The number of thiazole rings is 1. The standard InChI is InChI=1S/C14H10N4O3S3/c19-12(17-15-7-9-5-6-13(23-9)18(20)21)8-22-14-16-10-3-1-2-4-11(10)24-14/h1-7H,8H2,(H,17,19). The van der Waals surface area contributed by atoms with Crippen molar-refractivity contribution in [1.29, 1.82) is 0 Å². The van der Waals surface area contributed by atoms with Crippen LogP contribution in [0.25, 0.3) is 10.2 Å². The molecule has 0 aliphatic rings. The molecule has 1 N–H and O–H groups in total. The van der Waals surface area contributed by atoms with Crippen LogP contribution in [0.15, 0.2) is 45.8 Å². The number of amides is 1. The van der Waals surface area contributed by atoms with Crippen LogP contribution >= 0.6 is 34.4 Å². The lowest BCUT2D eigenvalue weighted by molar-refractivity contribution is -0.380. The molecule has 1 aromatic carbocycles. The van der Waals surface area contributed by atoms with E-state index in [2.05, 4.69) is 15.5 Å². The number of para-hydroxylation sites is 1. The Morgan fingerprint density at radius 1 is 1.33 bits per heavy atom. The van der Waals surface area contributed by atoms with Gasteiger partial charge in [0.1, 0.15) is 0 Å². The smallest absolute Gasteiger partial charge is 0.272 e. The van der Waals surface area contributed by atoms with Gasteiger partial charge in [-0.1, -0.05) is 35.2 Å². The lowest BCUT2D eigenvalue weighted by Crippen LogP contribution is -2.19. The minimum Gasteiger partial charge on any atom is -0.272 e. The third kappa shape index (κ3) is 4.16. The van der Waals surface area contributed by atoms with E-state index in [1.165, 1.54) is 35.4 Å². The van der Waals surface area contributed by atoms with Gasteiger partial charge in [-0.2, -0.15) is 5.10 Å². The van der Waals surface area contributed by atoms with Crippen molar-refractivity contribution in [3.8, 4) is 0 Å². The van der Waals surface area contributed by atoms with Gasteiger partial charge in [0, 0.05) is 6.07 Å². The van der Waals surface area contributed by atoms with Gasteiger partial charge >= 0.3 is 5.00 Å². The summed E-state index contributed by atoms with van der Waals surface area (Å²) < 4.78 is 1.90. The van der Waals surface area contributed by atoms with Gasteiger partial charge in [-0.25, -0.2) is 10.4 Å². The van der Waals surface area contributed by atoms with Gasteiger partial charge in [-0.15, -0.1) is 11.3 Å². The van der Waals surface area contributed by atoms with E-state index in [-0.39, 0.29) is 16.7 Å². The van der Waals surface area contributed by atoms with Crippen LogP contribution < -0.4 is 5.43 Å². The molecule has 0 aliphatic carbocycles. The summed E-state index contributed by atoms with van der Waals surface area (Å²) in [5.41, 5.74) is 3.32. The molecule has 2 heterocycles. The zero-order valence-electron chi connectivity index (χ0n) is 12.0. The number of hydrogen-bond donors (Lipinski definition) is 1. The zero-order chi connectivity index (χ0) is 16.9. The molecule has 0 saturated heterocycles. The first-order valence-electron chi connectivity index (χ1n) is 6.66. The largest absolute Gasteiger partial charge is 0.324 e. The number of thioether (sulfide) groups is 1. The molecule has 0 bridgehead atoms. The molecule has 0 fully saturated rings. The predicted molar refractivity (Wildman–Crippen MR) is 97.1 cm³/mol. The van der Waals surface area contributed by atoms with Crippen LogP contribution in [0.5, 0.6) is 0 Å². The molecule has 0 aliphatic heterocycles. The Morgan fingerprint density at radius 3 is 2.92 bits per heavy atom. The minimum atomic E-state index is -0.463. The molecule has 0 spiro atoms. The average molecular weight is 378 g/mol. The monoisotopic (exact) mass is 378 g/mol. The van der Waals surface area contributed by atoms with E-state index in [0.717, 1.165) is 25.9 Å². The van der Waals surface area contributed by atoms with E-state index >= 15 is 0 Å². The van der Waals surface area contributed by atoms with E-state index in [4.69, 9.17) is 0 Å². The summed E-state index contributed by atoms with van der Waals surface area (Å²) in [6, 6.07) is 10.8. The summed E-state index contributed by atoms with van der Waals surface area (Å²) in [5, 5.41) is 14.4. The van der Waals surface area contributed by atoms with Gasteiger partial charge in [0.15, 0.2) is 4.34 Å². The maximum atomic E-state index is 11.8. The first-order chi connectivity index (χ1) is 11.6. The fourth-order valence-electron chi connectivity index (χ4n) is 1.75. The Balaban J connectivity index is 1.50. The normalized spacial score (nSPS) is 11.2. The van der Waals surface area contributed by atoms with Gasteiger partial charge in [0.05, 0.1) is 32.0 Å². The van der Waals surface area contributed by atoms with Crippen LogP contribution in [0, 0.1) is 10.1 Å². The number of rotatable bonds is 6. The number of benzene rings is 1. The van der Waals surface area contributed by atoms with Crippen LogP contribution in [-0.2, 0) is 4.79 Å². The molecule has 0 unspecified atom stereocenters. The Labute approximate surface area is 148 Å². The van der Waals surface area contributed by atoms with Gasteiger partial charge < -0.3 is 0 Å². The lowest BCUT2D eigenvalue weighted by Gasteiger charge is -1.96. The van der Waals surface area contributed by atoms with Crippen molar-refractivity contribution in [3.05, 3.63) is 51.4 Å². The number of hydrogen-bond acceptors (Lipinski definition) is 8. The Morgan fingerprint density at radius 2 is 2.17 bits per heavy atom. The maximum Gasteiger partial charge on any atom is 0.324 e. The summed E-state index contributed by atoms with van der Waals surface area (Å²) in [6.07, 6.45) is 1.39. The topological polar surface area (TPSA) is 97.5 Å². The van der Waals surface area contributed by atoms with Crippen molar-refractivity contribution < 1.29 is 9.72 Å². The molecule has 24 heavy (non-hydrogen) atoms. The van der Waals surface area contributed by atoms with Crippen LogP contribution in [-0.4, -0.2) is 27.8 Å². The molecule has 1 amide bonds. The number of carbonyl (C=O) groups is 1. The molecular weight excluding hydrogens is 368 g/mol. The average Bonchev–Trinajstić information content (AvgIpc) is 3.19. The number of nitrogens with one attached hydrogen (secondary N) is 1. The van der Waals surface area contributed by atoms with Crippen molar-refractivity contribution in [2.75, 3.05) is 5.75 Å². The fraction of sp³-hybridized carbons (Fsp3) is 0.0714. The highest BCUT2D eigenvalue weighted by molar-refractivity contribution is 8.01. The van der Waals surface area contributed by atoms with Gasteiger partial charge in [0.25, 0.3) is 5.91 Å². The second kappa shape index (κ2) is 7.51. The van der Waals surface area contributed by atoms with E-state index in [1.54, 1.807) is 6.07 Å². The Bertz CT molecular complexity index is 886. The maximum absolute atomic E-state index is 11.8. The first-order valence-corrected chi connectivity index (χ1v) is 9.28. The summed E-state index contributed by atoms with van der Waals surface area (Å²) in [5.74, 6) is -0.0663. The van der Waals surface area contributed by atoms with Gasteiger partial charge in [-0.05, 0) is 18.2 Å². The van der Waals surface area contributed by atoms with Crippen LogP contribution in [0.2, 0.25) is 0 Å².